The van der Waals surface area contributed by atoms with Gasteiger partial charge in [0.25, 0.3) is 0 Å². The van der Waals surface area contributed by atoms with Crippen LogP contribution >= 0.6 is 0 Å². The number of fused-ring (bicyclic) bond motifs is 2. The minimum absolute atomic E-state index is 0.724. The van der Waals surface area contributed by atoms with E-state index in [-0.39, 0.29) is 0 Å². The van der Waals surface area contributed by atoms with E-state index in [1.807, 2.05) is 0 Å². The molecule has 0 aromatic rings. The van der Waals surface area contributed by atoms with E-state index in [0.29, 0.717) is 0 Å². The van der Waals surface area contributed by atoms with Crippen molar-refractivity contribution < 1.29 is 0 Å². The molecule has 2 saturated carbocycles. The summed E-state index contributed by atoms with van der Waals surface area (Å²) in [6.07, 6.45) is 7.40. The fourth-order valence-electron chi connectivity index (χ4n) is 4.93. The zero-order valence-electron chi connectivity index (χ0n) is 12.4. The molecule has 6 unspecified atom stereocenters. The Balaban J connectivity index is 1.65. The SMILES string of the molecule is CCC1CN(C(C)C2CC3CCC2C3)C(C)CN1. The molecule has 18 heavy (non-hydrogen) atoms. The summed E-state index contributed by atoms with van der Waals surface area (Å²) in [6.45, 7) is 9.69. The van der Waals surface area contributed by atoms with Crippen LogP contribution in [0, 0.1) is 17.8 Å². The van der Waals surface area contributed by atoms with Crippen molar-refractivity contribution in [1.82, 2.24) is 10.2 Å². The Morgan fingerprint density at radius 2 is 2.11 bits per heavy atom. The van der Waals surface area contributed by atoms with E-state index >= 15 is 0 Å². The summed E-state index contributed by atoms with van der Waals surface area (Å²) in [6, 6.07) is 2.26. The first-order valence-corrected chi connectivity index (χ1v) is 8.18. The van der Waals surface area contributed by atoms with E-state index in [1.165, 1.54) is 38.8 Å². The Hall–Kier alpha value is -0.0800. The van der Waals surface area contributed by atoms with Crippen molar-refractivity contribution in [1.29, 1.82) is 0 Å². The van der Waals surface area contributed by atoms with Crippen LogP contribution < -0.4 is 5.32 Å². The minimum Gasteiger partial charge on any atom is -0.311 e. The second-order valence-electron chi connectivity index (χ2n) is 7.14. The molecule has 0 radical (unpaired) electrons. The van der Waals surface area contributed by atoms with Crippen LogP contribution in [0.5, 0.6) is 0 Å². The molecule has 3 aliphatic rings. The molecule has 0 aromatic carbocycles. The number of piperazine rings is 1. The van der Waals surface area contributed by atoms with Crippen molar-refractivity contribution in [2.75, 3.05) is 13.1 Å². The second kappa shape index (κ2) is 5.13. The maximum atomic E-state index is 3.69. The Morgan fingerprint density at radius 3 is 2.72 bits per heavy atom. The van der Waals surface area contributed by atoms with Crippen LogP contribution in [0.15, 0.2) is 0 Å². The van der Waals surface area contributed by atoms with Gasteiger partial charge in [0.2, 0.25) is 0 Å². The van der Waals surface area contributed by atoms with Crippen molar-refractivity contribution >= 4 is 0 Å². The summed E-state index contributed by atoms with van der Waals surface area (Å²) in [4.78, 5) is 2.82. The zero-order valence-corrected chi connectivity index (χ0v) is 12.4. The van der Waals surface area contributed by atoms with Crippen LogP contribution in [-0.2, 0) is 0 Å². The van der Waals surface area contributed by atoms with Gasteiger partial charge in [-0.25, -0.2) is 0 Å². The van der Waals surface area contributed by atoms with Crippen molar-refractivity contribution in [2.45, 2.75) is 71.0 Å². The predicted octanol–water partition coefficient (Wildman–Crippen LogP) is 2.88. The standard InChI is InChI=1S/C16H30N2/c1-4-15-10-18(11(2)9-17-15)12(3)16-8-13-5-6-14(16)7-13/h11-17H,4-10H2,1-3H3. The normalized spacial score (nSPS) is 46.5. The summed E-state index contributed by atoms with van der Waals surface area (Å²) < 4.78 is 0. The number of hydrogen-bond acceptors (Lipinski definition) is 2. The number of hydrogen-bond donors (Lipinski definition) is 1. The molecule has 1 N–H and O–H groups in total. The molecule has 104 valence electrons. The lowest BCUT2D eigenvalue weighted by molar-refractivity contribution is 0.0500. The average molecular weight is 250 g/mol. The topological polar surface area (TPSA) is 15.3 Å². The number of nitrogens with one attached hydrogen (secondary N) is 1. The van der Waals surface area contributed by atoms with Gasteiger partial charge >= 0.3 is 0 Å². The average Bonchev–Trinajstić information content (AvgIpc) is 3.01. The van der Waals surface area contributed by atoms with Gasteiger partial charge in [0.15, 0.2) is 0 Å². The molecule has 1 heterocycles. The van der Waals surface area contributed by atoms with Crippen molar-refractivity contribution in [3.05, 3.63) is 0 Å². The highest BCUT2D eigenvalue weighted by Crippen LogP contribution is 2.50. The van der Waals surface area contributed by atoms with Gasteiger partial charge in [-0.1, -0.05) is 13.3 Å². The van der Waals surface area contributed by atoms with Crippen LogP contribution in [-0.4, -0.2) is 36.1 Å². The Kier molecular flexibility index (Phi) is 3.68. The Labute approximate surface area is 113 Å². The van der Waals surface area contributed by atoms with Crippen LogP contribution in [0.4, 0.5) is 0 Å². The third-order valence-corrected chi connectivity index (χ3v) is 6.13. The first kappa shape index (κ1) is 12.9. The van der Waals surface area contributed by atoms with Crippen molar-refractivity contribution in [2.24, 2.45) is 17.8 Å². The van der Waals surface area contributed by atoms with Gasteiger partial charge in [0.1, 0.15) is 0 Å². The predicted molar refractivity (Wildman–Crippen MR) is 76.6 cm³/mol. The maximum absolute atomic E-state index is 3.69. The van der Waals surface area contributed by atoms with E-state index in [1.54, 1.807) is 6.42 Å². The van der Waals surface area contributed by atoms with Gasteiger partial charge in [-0.15, -0.1) is 0 Å². The molecule has 3 rings (SSSR count). The van der Waals surface area contributed by atoms with Crippen molar-refractivity contribution in [3.8, 4) is 0 Å². The fraction of sp³-hybridized carbons (Fsp3) is 1.00. The highest BCUT2D eigenvalue weighted by Gasteiger charge is 2.44. The first-order chi connectivity index (χ1) is 8.69. The highest BCUT2D eigenvalue weighted by atomic mass is 15.3. The van der Waals surface area contributed by atoms with Crippen LogP contribution in [0.2, 0.25) is 0 Å². The fourth-order valence-corrected chi connectivity index (χ4v) is 4.93. The van der Waals surface area contributed by atoms with E-state index in [9.17, 15) is 0 Å². The molecule has 0 spiro atoms. The molecule has 2 aliphatic carbocycles. The molecule has 1 aliphatic heterocycles. The van der Waals surface area contributed by atoms with Crippen LogP contribution in [0.25, 0.3) is 0 Å². The van der Waals surface area contributed by atoms with Gasteiger partial charge in [-0.3, -0.25) is 4.90 Å². The lowest BCUT2D eigenvalue weighted by Gasteiger charge is -2.45. The molecule has 6 atom stereocenters. The summed E-state index contributed by atoms with van der Waals surface area (Å²) in [5.74, 6) is 3.15. The molecule has 2 nitrogen and oxygen atoms in total. The van der Waals surface area contributed by atoms with E-state index in [0.717, 1.165) is 35.9 Å². The smallest absolute Gasteiger partial charge is 0.0196 e. The lowest BCUT2D eigenvalue weighted by Crippen LogP contribution is -2.59. The highest BCUT2D eigenvalue weighted by molar-refractivity contribution is 4.97. The van der Waals surface area contributed by atoms with Gasteiger partial charge in [0.05, 0.1) is 0 Å². The van der Waals surface area contributed by atoms with Crippen molar-refractivity contribution in [3.63, 3.8) is 0 Å². The quantitative estimate of drug-likeness (QED) is 0.828. The third kappa shape index (κ3) is 2.22. The molecular weight excluding hydrogens is 220 g/mol. The van der Waals surface area contributed by atoms with Gasteiger partial charge in [-0.05, 0) is 57.3 Å². The van der Waals surface area contributed by atoms with Gasteiger partial charge in [-0.2, -0.15) is 0 Å². The monoisotopic (exact) mass is 250 g/mol. The summed E-state index contributed by atoms with van der Waals surface area (Å²) in [5, 5.41) is 3.69. The second-order valence-corrected chi connectivity index (χ2v) is 7.14. The van der Waals surface area contributed by atoms with E-state index in [2.05, 4.69) is 31.0 Å². The first-order valence-electron chi connectivity index (χ1n) is 8.18. The summed E-state index contributed by atoms with van der Waals surface area (Å²) in [5.41, 5.74) is 0. The number of nitrogens with zero attached hydrogens (tertiary/aromatic N) is 1. The molecule has 1 saturated heterocycles. The molecule has 2 bridgehead atoms. The molecule has 2 heteroatoms. The summed E-state index contributed by atoms with van der Waals surface area (Å²) in [7, 11) is 0. The zero-order chi connectivity index (χ0) is 12.7. The Bertz CT molecular complexity index is 291. The molecule has 0 amide bonds. The largest absolute Gasteiger partial charge is 0.311 e. The number of rotatable bonds is 3. The lowest BCUT2D eigenvalue weighted by atomic mass is 9.82. The molecule has 0 aromatic heterocycles. The van der Waals surface area contributed by atoms with Gasteiger partial charge in [0, 0.05) is 31.2 Å². The van der Waals surface area contributed by atoms with E-state index < -0.39 is 0 Å². The summed E-state index contributed by atoms with van der Waals surface area (Å²) >= 11 is 0. The molecular formula is C16H30N2. The molecule has 3 fully saturated rings. The minimum atomic E-state index is 0.724. The maximum Gasteiger partial charge on any atom is 0.0196 e. The van der Waals surface area contributed by atoms with E-state index in [4.69, 9.17) is 0 Å². The Morgan fingerprint density at radius 1 is 1.28 bits per heavy atom. The van der Waals surface area contributed by atoms with Crippen LogP contribution in [0.3, 0.4) is 0 Å². The third-order valence-electron chi connectivity index (χ3n) is 6.13. The van der Waals surface area contributed by atoms with Crippen LogP contribution in [0.1, 0.15) is 52.9 Å². The van der Waals surface area contributed by atoms with Gasteiger partial charge < -0.3 is 5.32 Å².